The van der Waals surface area contributed by atoms with Crippen LogP contribution < -0.4 is 5.32 Å². The standard InChI is InChI=1S/C25H27N3O3/c29-24(26-19-8-2-3-9-19)23-16-22(27-31-23)18-12-14-28(15-13-18)25(30)21-11-5-7-17-6-1-4-10-20(17)21/h1,4-7,10-11,16,18-19H,2-3,8-9,12-15H2,(H,26,29). The first-order valence-corrected chi connectivity index (χ1v) is 11.2. The van der Waals surface area contributed by atoms with Gasteiger partial charge < -0.3 is 14.7 Å². The summed E-state index contributed by atoms with van der Waals surface area (Å²) in [6, 6.07) is 15.9. The molecule has 0 atom stereocenters. The third-order valence-electron chi connectivity index (χ3n) is 6.66. The highest BCUT2D eigenvalue weighted by Gasteiger charge is 2.28. The van der Waals surface area contributed by atoms with E-state index < -0.39 is 0 Å². The van der Waals surface area contributed by atoms with Crippen LogP contribution in [0.3, 0.4) is 0 Å². The van der Waals surface area contributed by atoms with Crippen LogP contribution in [0.15, 0.2) is 53.1 Å². The van der Waals surface area contributed by atoms with Gasteiger partial charge in [-0.1, -0.05) is 54.4 Å². The Morgan fingerprint density at radius 2 is 1.71 bits per heavy atom. The van der Waals surface area contributed by atoms with Crippen molar-refractivity contribution in [3.8, 4) is 0 Å². The second kappa shape index (κ2) is 8.53. The van der Waals surface area contributed by atoms with Gasteiger partial charge >= 0.3 is 0 Å². The Bertz CT molecular complexity index is 1090. The van der Waals surface area contributed by atoms with E-state index in [4.69, 9.17) is 4.52 Å². The number of carbonyl (C=O) groups is 2. The van der Waals surface area contributed by atoms with Gasteiger partial charge in [0.25, 0.3) is 11.8 Å². The maximum absolute atomic E-state index is 13.2. The molecule has 6 heteroatoms. The van der Waals surface area contributed by atoms with Crippen LogP contribution in [0.5, 0.6) is 0 Å². The van der Waals surface area contributed by atoms with Gasteiger partial charge in [0.15, 0.2) is 0 Å². The predicted octanol–water partition coefficient (Wildman–Crippen LogP) is 4.52. The zero-order valence-corrected chi connectivity index (χ0v) is 17.5. The van der Waals surface area contributed by atoms with Crippen LogP contribution in [-0.2, 0) is 0 Å². The molecule has 160 valence electrons. The number of benzene rings is 2. The molecule has 0 unspecified atom stereocenters. The molecule has 0 bridgehead atoms. The van der Waals surface area contributed by atoms with Gasteiger partial charge in [0.05, 0.1) is 5.69 Å². The van der Waals surface area contributed by atoms with E-state index in [9.17, 15) is 9.59 Å². The van der Waals surface area contributed by atoms with E-state index in [-0.39, 0.29) is 29.5 Å². The zero-order valence-electron chi connectivity index (χ0n) is 17.5. The highest BCUT2D eigenvalue weighted by Crippen LogP contribution is 2.29. The molecule has 1 N–H and O–H groups in total. The van der Waals surface area contributed by atoms with Crippen LogP contribution in [0.25, 0.3) is 10.8 Å². The van der Waals surface area contributed by atoms with Gasteiger partial charge in [-0.3, -0.25) is 9.59 Å². The minimum absolute atomic E-state index is 0.0760. The third-order valence-corrected chi connectivity index (χ3v) is 6.66. The number of fused-ring (bicyclic) bond motifs is 1. The normalized spacial score (nSPS) is 17.9. The van der Waals surface area contributed by atoms with E-state index in [1.54, 1.807) is 6.07 Å². The van der Waals surface area contributed by atoms with Gasteiger partial charge in [-0.05, 0) is 42.5 Å². The molecule has 2 heterocycles. The summed E-state index contributed by atoms with van der Waals surface area (Å²) in [5.41, 5.74) is 1.57. The molecule has 3 aromatic rings. The summed E-state index contributed by atoms with van der Waals surface area (Å²) in [7, 11) is 0. The average molecular weight is 418 g/mol. The molecule has 2 fully saturated rings. The Balaban J connectivity index is 1.22. The first kappa shape index (κ1) is 19.8. The quantitative estimate of drug-likeness (QED) is 0.677. The van der Waals surface area contributed by atoms with E-state index in [0.717, 1.165) is 47.7 Å². The van der Waals surface area contributed by atoms with Crippen molar-refractivity contribution in [2.75, 3.05) is 13.1 Å². The summed E-state index contributed by atoms with van der Waals surface area (Å²) < 4.78 is 5.34. The molecule has 6 nitrogen and oxygen atoms in total. The molecule has 0 spiro atoms. The summed E-state index contributed by atoms with van der Waals surface area (Å²) in [4.78, 5) is 27.5. The van der Waals surface area contributed by atoms with Crippen LogP contribution in [0.1, 0.15) is 71.0 Å². The molecule has 5 rings (SSSR count). The van der Waals surface area contributed by atoms with Crippen molar-refractivity contribution in [2.24, 2.45) is 0 Å². The van der Waals surface area contributed by atoms with Crippen molar-refractivity contribution in [3.63, 3.8) is 0 Å². The maximum atomic E-state index is 13.2. The fourth-order valence-corrected chi connectivity index (χ4v) is 4.88. The number of amides is 2. The number of nitrogens with one attached hydrogen (secondary N) is 1. The van der Waals surface area contributed by atoms with Crippen LogP contribution >= 0.6 is 0 Å². The van der Waals surface area contributed by atoms with Crippen molar-refractivity contribution in [1.82, 2.24) is 15.4 Å². The maximum Gasteiger partial charge on any atom is 0.290 e. The number of rotatable bonds is 4. The largest absolute Gasteiger partial charge is 0.351 e. The van der Waals surface area contributed by atoms with Crippen LogP contribution in [0.2, 0.25) is 0 Å². The number of hydrogen-bond acceptors (Lipinski definition) is 4. The van der Waals surface area contributed by atoms with Crippen molar-refractivity contribution in [2.45, 2.75) is 50.5 Å². The zero-order chi connectivity index (χ0) is 21.2. The second-order valence-electron chi connectivity index (χ2n) is 8.66. The smallest absolute Gasteiger partial charge is 0.290 e. The van der Waals surface area contributed by atoms with Gasteiger partial charge in [-0.15, -0.1) is 0 Å². The van der Waals surface area contributed by atoms with Gasteiger partial charge in [0.1, 0.15) is 0 Å². The molecular formula is C25H27N3O3. The van der Waals surface area contributed by atoms with Crippen LogP contribution in [0.4, 0.5) is 0 Å². The molecule has 2 aromatic carbocycles. The minimum Gasteiger partial charge on any atom is -0.351 e. The first-order valence-electron chi connectivity index (χ1n) is 11.2. The third kappa shape index (κ3) is 4.07. The van der Waals surface area contributed by atoms with Gasteiger partial charge in [-0.2, -0.15) is 0 Å². The highest BCUT2D eigenvalue weighted by molar-refractivity contribution is 6.07. The van der Waals surface area contributed by atoms with Crippen LogP contribution in [0, 0.1) is 0 Å². The number of nitrogens with zero attached hydrogens (tertiary/aromatic N) is 2. The predicted molar refractivity (Wildman–Crippen MR) is 118 cm³/mol. The summed E-state index contributed by atoms with van der Waals surface area (Å²) in [6.07, 6.45) is 6.04. The van der Waals surface area contributed by atoms with Gasteiger partial charge in [-0.25, -0.2) is 0 Å². The van der Waals surface area contributed by atoms with E-state index in [0.29, 0.717) is 13.1 Å². The highest BCUT2D eigenvalue weighted by atomic mass is 16.5. The number of piperidine rings is 1. The van der Waals surface area contributed by atoms with Crippen molar-refractivity contribution in [3.05, 3.63) is 65.5 Å². The molecule has 1 saturated heterocycles. The Morgan fingerprint density at radius 3 is 2.52 bits per heavy atom. The summed E-state index contributed by atoms with van der Waals surface area (Å²) in [6.45, 7) is 1.34. The van der Waals surface area contributed by atoms with E-state index >= 15 is 0 Å². The lowest BCUT2D eigenvalue weighted by Gasteiger charge is -2.31. The lowest BCUT2D eigenvalue weighted by Crippen LogP contribution is -2.38. The van der Waals surface area contributed by atoms with Gasteiger partial charge in [0, 0.05) is 36.7 Å². The molecule has 0 radical (unpaired) electrons. The number of aromatic nitrogens is 1. The van der Waals surface area contributed by atoms with Crippen molar-refractivity contribution >= 4 is 22.6 Å². The van der Waals surface area contributed by atoms with E-state index in [1.807, 2.05) is 47.4 Å². The summed E-state index contributed by atoms with van der Waals surface area (Å²) in [5.74, 6) is 0.394. The van der Waals surface area contributed by atoms with Crippen molar-refractivity contribution < 1.29 is 14.1 Å². The Kier molecular flexibility index (Phi) is 5.45. The molecule has 31 heavy (non-hydrogen) atoms. The topological polar surface area (TPSA) is 75.4 Å². The fourth-order valence-electron chi connectivity index (χ4n) is 4.88. The molecular weight excluding hydrogens is 390 g/mol. The number of hydrogen-bond donors (Lipinski definition) is 1. The first-order chi connectivity index (χ1) is 15.2. The monoisotopic (exact) mass is 417 g/mol. The molecule has 1 aliphatic carbocycles. The summed E-state index contributed by atoms with van der Waals surface area (Å²) in [5, 5.41) is 9.28. The SMILES string of the molecule is O=C(NC1CCCC1)c1cc(C2CCN(C(=O)c3cccc4ccccc34)CC2)no1. The van der Waals surface area contributed by atoms with E-state index in [1.165, 1.54) is 12.8 Å². The second-order valence-corrected chi connectivity index (χ2v) is 8.66. The van der Waals surface area contributed by atoms with Crippen molar-refractivity contribution in [1.29, 1.82) is 0 Å². The summed E-state index contributed by atoms with van der Waals surface area (Å²) >= 11 is 0. The van der Waals surface area contributed by atoms with Gasteiger partial charge in [0.2, 0.25) is 5.76 Å². The number of carbonyl (C=O) groups excluding carboxylic acids is 2. The fraction of sp³-hybridized carbons (Fsp3) is 0.400. The lowest BCUT2D eigenvalue weighted by molar-refractivity contribution is 0.0713. The average Bonchev–Trinajstić information content (AvgIpc) is 3.51. The molecule has 2 aliphatic rings. The molecule has 1 aromatic heterocycles. The molecule has 1 aliphatic heterocycles. The number of likely N-dealkylation sites (tertiary alicyclic amines) is 1. The Labute approximate surface area is 181 Å². The minimum atomic E-state index is -0.172. The van der Waals surface area contributed by atoms with E-state index in [2.05, 4.69) is 10.5 Å². The Hall–Kier alpha value is -3.15. The Morgan fingerprint density at radius 1 is 0.968 bits per heavy atom. The van der Waals surface area contributed by atoms with Crippen LogP contribution in [-0.4, -0.2) is 41.0 Å². The molecule has 1 saturated carbocycles. The lowest BCUT2D eigenvalue weighted by atomic mass is 9.92. The molecule has 2 amide bonds.